The Morgan fingerprint density at radius 1 is 1.19 bits per heavy atom. The van der Waals surface area contributed by atoms with E-state index in [0.29, 0.717) is 24.4 Å². The molecule has 1 aromatic heterocycles. The van der Waals surface area contributed by atoms with Gasteiger partial charge in [0, 0.05) is 6.54 Å². The minimum absolute atomic E-state index is 0.129. The van der Waals surface area contributed by atoms with Gasteiger partial charge < -0.3 is 4.90 Å². The molecule has 187 valence electrons. The quantitative estimate of drug-likeness (QED) is 0.278. The van der Waals surface area contributed by atoms with E-state index >= 15 is 0 Å². The SMILES string of the molecule is CCC(C(=O)[As]c1cc(C2CC2)[nH]n1)c1cccc(-c2ccc(NC(=O)/C=C/CN(C)C)c(F)c2)c1. The molecule has 1 fully saturated rings. The number of likely N-dealkylation sites (N-methyl/N-ethyl adjacent to an activating group) is 1. The Kier molecular flexibility index (Phi) is 8.55. The Morgan fingerprint density at radius 2 is 1.97 bits per heavy atom. The summed E-state index contributed by atoms with van der Waals surface area (Å²) in [5, 5.41) is 10.0. The number of hydrogen-bond donors (Lipinski definition) is 2. The molecule has 8 heteroatoms. The van der Waals surface area contributed by atoms with Gasteiger partial charge in [-0.1, -0.05) is 6.08 Å². The second-order valence-corrected chi connectivity index (χ2v) is 11.7. The molecule has 1 saturated carbocycles. The Bertz CT molecular complexity index is 1270. The first kappa shape index (κ1) is 26.1. The normalized spacial score (nSPS) is 14.7. The van der Waals surface area contributed by atoms with E-state index in [2.05, 4.69) is 21.6 Å². The molecule has 2 N–H and O–H groups in total. The van der Waals surface area contributed by atoms with Gasteiger partial charge in [0.1, 0.15) is 0 Å². The van der Waals surface area contributed by atoms with Crippen molar-refractivity contribution >= 4 is 36.4 Å². The molecular weight excluding hydrogens is 518 g/mol. The number of halogens is 1. The number of amides is 1. The summed E-state index contributed by atoms with van der Waals surface area (Å²) < 4.78 is 15.9. The second-order valence-electron chi connectivity index (χ2n) is 9.34. The van der Waals surface area contributed by atoms with E-state index < -0.39 is 21.6 Å². The number of benzene rings is 2. The summed E-state index contributed by atoms with van der Waals surface area (Å²) in [6.45, 7) is 2.64. The van der Waals surface area contributed by atoms with Crippen LogP contribution in [-0.4, -0.2) is 62.0 Å². The van der Waals surface area contributed by atoms with Crippen molar-refractivity contribution < 1.29 is 14.0 Å². The van der Waals surface area contributed by atoms with Gasteiger partial charge in [-0.05, 0) is 14.1 Å². The van der Waals surface area contributed by atoms with Gasteiger partial charge in [0.2, 0.25) is 0 Å². The van der Waals surface area contributed by atoms with Crippen molar-refractivity contribution in [2.24, 2.45) is 0 Å². The van der Waals surface area contributed by atoms with Gasteiger partial charge in [-0.25, -0.2) is 0 Å². The number of aromatic nitrogens is 2. The molecule has 1 aliphatic rings. The summed E-state index contributed by atoms with van der Waals surface area (Å²) in [5.41, 5.74) is 3.72. The van der Waals surface area contributed by atoms with E-state index in [1.54, 1.807) is 18.2 Å². The number of H-pyrrole nitrogens is 1. The van der Waals surface area contributed by atoms with E-state index in [1.165, 1.54) is 25.0 Å². The molecule has 6 nitrogen and oxygen atoms in total. The molecule has 2 aromatic carbocycles. The van der Waals surface area contributed by atoms with Crippen LogP contribution < -0.4 is 9.80 Å². The summed E-state index contributed by atoms with van der Waals surface area (Å²) in [7, 11) is 3.80. The summed E-state index contributed by atoms with van der Waals surface area (Å²) in [6, 6.07) is 14.5. The Hall–Kier alpha value is -3.02. The minimum atomic E-state index is -0.696. The standard InChI is InChI=1S/C28H31AsFN4O2/c1-4-22(28(36)29-26-17-25(32-33-26)18-10-11-18)21-8-5-7-19(15-21)20-12-13-24(23(30)16-20)31-27(35)9-6-14-34(2)3/h5-9,12-13,15-18,22H,4,10-11,14H2,1-3H3,(H,31,35)(H,32,33)/b9-6+. The zero-order valence-electron chi connectivity index (χ0n) is 20.8. The fourth-order valence-corrected chi connectivity index (χ4v) is 6.14. The molecule has 1 aliphatic carbocycles. The third-order valence-corrected chi connectivity index (χ3v) is 8.20. The van der Waals surface area contributed by atoms with E-state index in [1.807, 2.05) is 50.2 Å². The first-order chi connectivity index (χ1) is 17.3. The van der Waals surface area contributed by atoms with Crippen molar-refractivity contribution in [3.05, 3.63) is 77.8 Å². The number of carbonyl (C=O) groups is 2. The van der Waals surface area contributed by atoms with Crippen molar-refractivity contribution in [2.45, 2.75) is 38.0 Å². The van der Waals surface area contributed by atoms with Gasteiger partial charge in [0.05, 0.1) is 0 Å². The average Bonchev–Trinajstić information content (AvgIpc) is 3.59. The monoisotopic (exact) mass is 549 g/mol. The Morgan fingerprint density at radius 3 is 2.67 bits per heavy atom. The van der Waals surface area contributed by atoms with Crippen LogP contribution in [0, 0.1) is 5.82 Å². The summed E-state index contributed by atoms with van der Waals surface area (Å²) >= 11 is -0.696. The Labute approximate surface area is 218 Å². The third kappa shape index (κ3) is 6.80. The van der Waals surface area contributed by atoms with Crippen LogP contribution in [0.25, 0.3) is 11.1 Å². The molecule has 3 aromatic rings. The number of aromatic amines is 1. The van der Waals surface area contributed by atoms with Gasteiger partial charge >= 0.3 is 187 Å². The van der Waals surface area contributed by atoms with E-state index in [-0.39, 0.29) is 22.1 Å². The van der Waals surface area contributed by atoms with Gasteiger partial charge in [-0.2, -0.15) is 0 Å². The van der Waals surface area contributed by atoms with Crippen LogP contribution in [0.3, 0.4) is 0 Å². The van der Waals surface area contributed by atoms with Crippen LogP contribution in [0.15, 0.2) is 60.7 Å². The number of carbonyl (C=O) groups excluding carboxylic acids is 2. The van der Waals surface area contributed by atoms with Crippen molar-refractivity contribution in [1.82, 2.24) is 15.1 Å². The van der Waals surface area contributed by atoms with Crippen molar-refractivity contribution in [3.63, 3.8) is 0 Å². The molecule has 0 bridgehead atoms. The van der Waals surface area contributed by atoms with Gasteiger partial charge in [-0.15, -0.1) is 0 Å². The molecule has 1 heterocycles. The Balaban J connectivity index is 1.45. The predicted octanol–water partition coefficient (Wildman–Crippen LogP) is 4.20. The molecule has 0 spiro atoms. The van der Waals surface area contributed by atoms with Crippen LogP contribution in [-0.2, 0) is 9.59 Å². The average molecular weight is 550 g/mol. The summed E-state index contributed by atoms with van der Waals surface area (Å²) in [5.74, 6) is -0.520. The first-order valence-electron chi connectivity index (χ1n) is 12.2. The summed E-state index contributed by atoms with van der Waals surface area (Å²) in [4.78, 5) is 27.2. The molecular formula is C28H31AsFN4O2. The number of rotatable bonds is 11. The third-order valence-electron chi connectivity index (χ3n) is 6.12. The van der Waals surface area contributed by atoms with Crippen molar-refractivity contribution in [3.8, 4) is 11.1 Å². The van der Waals surface area contributed by atoms with Crippen molar-refractivity contribution in [1.29, 1.82) is 0 Å². The van der Waals surface area contributed by atoms with Gasteiger partial charge in [0.15, 0.2) is 0 Å². The van der Waals surface area contributed by atoms with Crippen LogP contribution in [0.5, 0.6) is 0 Å². The number of anilines is 1. The predicted molar refractivity (Wildman–Crippen MR) is 142 cm³/mol. The van der Waals surface area contributed by atoms with E-state index in [9.17, 15) is 14.0 Å². The molecule has 1 atom stereocenters. The first-order valence-corrected chi connectivity index (χ1v) is 14.0. The maximum absolute atomic E-state index is 14.8. The van der Waals surface area contributed by atoms with Gasteiger partial charge in [0.25, 0.3) is 0 Å². The molecule has 4 rings (SSSR count). The second kappa shape index (κ2) is 11.8. The fraction of sp³-hybridized carbons (Fsp3) is 0.321. The topological polar surface area (TPSA) is 78.1 Å². The molecule has 1 amide bonds. The fourth-order valence-electron chi connectivity index (χ4n) is 4.01. The van der Waals surface area contributed by atoms with Crippen LogP contribution in [0.4, 0.5) is 10.1 Å². The van der Waals surface area contributed by atoms with Gasteiger partial charge in [-0.3, -0.25) is 0 Å². The molecule has 0 aliphatic heterocycles. The van der Waals surface area contributed by atoms with Crippen LogP contribution in [0.2, 0.25) is 0 Å². The van der Waals surface area contributed by atoms with Crippen LogP contribution in [0.1, 0.15) is 49.3 Å². The zero-order chi connectivity index (χ0) is 25.7. The molecule has 0 saturated heterocycles. The van der Waals surface area contributed by atoms with E-state index in [4.69, 9.17) is 0 Å². The maximum atomic E-state index is 14.8. The zero-order valence-corrected chi connectivity index (χ0v) is 22.7. The molecule has 36 heavy (non-hydrogen) atoms. The number of nitrogens with zero attached hydrogens (tertiary/aromatic N) is 2. The number of hydrogen-bond acceptors (Lipinski definition) is 4. The molecule has 1 radical (unpaired) electrons. The van der Waals surface area contributed by atoms with Crippen molar-refractivity contribution in [2.75, 3.05) is 26.0 Å². The molecule has 1 unspecified atom stereocenters. The van der Waals surface area contributed by atoms with E-state index in [0.717, 1.165) is 21.3 Å². The van der Waals surface area contributed by atoms with Crippen LogP contribution >= 0.6 is 0 Å². The number of nitrogens with one attached hydrogen (secondary N) is 2. The summed E-state index contributed by atoms with van der Waals surface area (Å²) in [6.07, 6.45) is 6.20.